The number of fused-ring (bicyclic) bond motifs is 4. The van der Waals surface area contributed by atoms with Gasteiger partial charge >= 0.3 is 11.3 Å². The molecule has 0 atom stereocenters. The number of benzene rings is 3. The highest BCUT2D eigenvalue weighted by molar-refractivity contribution is 7.13. The van der Waals surface area contributed by atoms with Crippen molar-refractivity contribution in [3.63, 3.8) is 0 Å². The summed E-state index contributed by atoms with van der Waals surface area (Å²) >= 11 is 1.29. The first-order valence-corrected chi connectivity index (χ1v) is 10.5. The lowest BCUT2D eigenvalue weighted by Crippen LogP contribution is -2.04. The van der Waals surface area contributed by atoms with Crippen LogP contribution in [0, 0.1) is 0 Å². The minimum Gasteiger partial charge on any atom is -0.422 e. The van der Waals surface area contributed by atoms with Gasteiger partial charge in [0.2, 0.25) is 0 Å². The molecule has 5 nitrogen and oxygen atoms in total. The van der Waals surface area contributed by atoms with E-state index in [4.69, 9.17) is 8.83 Å². The highest BCUT2D eigenvalue weighted by atomic mass is 32.1. The molecule has 0 radical (unpaired) electrons. The van der Waals surface area contributed by atoms with Crippen LogP contribution in [0.2, 0.25) is 0 Å². The number of thiazole rings is 1. The third-order valence-electron chi connectivity index (χ3n) is 5.29. The smallest absolute Gasteiger partial charge is 0.346 e. The average Bonchev–Trinajstić information content (AvgIpc) is 3.27. The minimum absolute atomic E-state index is 0.358. The molecule has 0 aliphatic heterocycles. The van der Waals surface area contributed by atoms with Crippen molar-refractivity contribution in [2.45, 2.75) is 0 Å². The van der Waals surface area contributed by atoms with Gasteiger partial charge < -0.3 is 8.83 Å². The molecule has 148 valence electrons. The third kappa shape index (κ3) is 2.88. The Balaban J connectivity index is 1.53. The molecule has 0 fully saturated rings. The van der Waals surface area contributed by atoms with E-state index in [1.54, 1.807) is 23.6 Å². The molecule has 6 heteroatoms. The van der Waals surface area contributed by atoms with E-state index in [0.29, 0.717) is 33.0 Å². The quantitative estimate of drug-likeness (QED) is 0.258. The molecule has 0 saturated carbocycles. The Morgan fingerprint density at radius 3 is 2.32 bits per heavy atom. The van der Waals surface area contributed by atoms with Crippen LogP contribution in [-0.4, -0.2) is 4.98 Å². The summed E-state index contributed by atoms with van der Waals surface area (Å²) < 4.78 is 11.0. The molecule has 3 aromatic carbocycles. The van der Waals surface area contributed by atoms with Gasteiger partial charge in [-0.1, -0.05) is 48.5 Å². The fourth-order valence-electron chi connectivity index (χ4n) is 3.78. The third-order valence-corrected chi connectivity index (χ3v) is 6.17. The first-order chi connectivity index (χ1) is 15.2. The number of nitrogens with zero attached hydrogens (tertiary/aromatic N) is 1. The molecule has 0 N–H and O–H groups in total. The molecule has 0 aliphatic carbocycles. The molecule has 0 unspecified atom stereocenters. The topological polar surface area (TPSA) is 73.3 Å². The van der Waals surface area contributed by atoms with E-state index in [9.17, 15) is 9.59 Å². The van der Waals surface area contributed by atoms with E-state index in [1.807, 2.05) is 54.6 Å². The van der Waals surface area contributed by atoms with Crippen LogP contribution in [0.15, 0.2) is 96.6 Å². The van der Waals surface area contributed by atoms with Crippen LogP contribution in [0.4, 0.5) is 0 Å². The summed E-state index contributed by atoms with van der Waals surface area (Å²) in [6.07, 6.45) is 0. The molecule has 3 aromatic heterocycles. The maximum Gasteiger partial charge on any atom is 0.346 e. The second kappa shape index (κ2) is 6.75. The standard InChI is InChI=1S/C25H13NO4S/c27-24-18(11-15-6-2-4-8-21(15)29-24)20-13-31-23(26-20)19-12-17-16-7-3-1-5-14(16)9-10-22(17)30-25(19)28/h1-13H. The Kier molecular flexibility index (Phi) is 3.88. The first kappa shape index (κ1) is 17.8. The lowest BCUT2D eigenvalue weighted by molar-refractivity contribution is 0.563. The Morgan fingerprint density at radius 2 is 1.42 bits per heavy atom. The molecule has 31 heavy (non-hydrogen) atoms. The summed E-state index contributed by atoms with van der Waals surface area (Å²) in [5.74, 6) is 0. The van der Waals surface area contributed by atoms with Crippen LogP contribution >= 0.6 is 11.3 Å². The Hall–Kier alpha value is -4.03. The van der Waals surface area contributed by atoms with Gasteiger partial charge in [0.15, 0.2) is 0 Å². The molecular weight excluding hydrogens is 410 g/mol. The van der Waals surface area contributed by atoms with Crippen molar-refractivity contribution in [3.8, 4) is 21.8 Å². The summed E-state index contributed by atoms with van der Waals surface area (Å²) in [5, 5.41) is 5.95. The van der Waals surface area contributed by atoms with Crippen LogP contribution in [0.1, 0.15) is 0 Å². The number of hydrogen-bond donors (Lipinski definition) is 0. The number of hydrogen-bond acceptors (Lipinski definition) is 6. The van der Waals surface area contributed by atoms with Crippen molar-refractivity contribution in [1.82, 2.24) is 4.98 Å². The highest BCUT2D eigenvalue weighted by Crippen LogP contribution is 2.31. The van der Waals surface area contributed by atoms with E-state index < -0.39 is 11.3 Å². The first-order valence-electron chi connectivity index (χ1n) is 9.62. The zero-order valence-electron chi connectivity index (χ0n) is 16.0. The lowest BCUT2D eigenvalue weighted by Gasteiger charge is -2.04. The molecule has 0 spiro atoms. The Morgan fingerprint density at radius 1 is 0.677 bits per heavy atom. The van der Waals surface area contributed by atoms with E-state index in [2.05, 4.69) is 4.98 Å². The molecule has 0 saturated heterocycles. The number of rotatable bonds is 2. The largest absolute Gasteiger partial charge is 0.422 e. The van der Waals surface area contributed by atoms with Gasteiger partial charge in [-0.3, -0.25) is 0 Å². The van der Waals surface area contributed by atoms with Crippen molar-refractivity contribution in [3.05, 3.63) is 99.0 Å². The molecule has 0 aliphatic rings. The minimum atomic E-state index is -0.466. The van der Waals surface area contributed by atoms with Crippen LogP contribution in [0.5, 0.6) is 0 Å². The van der Waals surface area contributed by atoms with Gasteiger partial charge in [-0.15, -0.1) is 11.3 Å². The van der Waals surface area contributed by atoms with Crippen molar-refractivity contribution < 1.29 is 8.83 Å². The zero-order chi connectivity index (χ0) is 20.9. The predicted octanol–water partition coefficient (Wildman–Crippen LogP) is 5.84. The number of aromatic nitrogens is 1. The van der Waals surface area contributed by atoms with E-state index in [-0.39, 0.29) is 0 Å². The number of para-hydroxylation sites is 1. The Bertz CT molecular complexity index is 1740. The monoisotopic (exact) mass is 423 g/mol. The van der Waals surface area contributed by atoms with Gasteiger partial charge in [0.1, 0.15) is 16.2 Å². The summed E-state index contributed by atoms with van der Waals surface area (Å²) in [5.41, 5.74) is 1.31. The Labute approximate surface area is 178 Å². The molecular formula is C25H13NO4S. The lowest BCUT2D eigenvalue weighted by atomic mass is 10.0. The summed E-state index contributed by atoms with van der Waals surface area (Å²) in [7, 11) is 0. The van der Waals surface area contributed by atoms with Crippen LogP contribution in [0.3, 0.4) is 0 Å². The average molecular weight is 423 g/mol. The maximum atomic E-state index is 12.7. The fraction of sp³-hybridized carbons (Fsp3) is 0. The summed E-state index contributed by atoms with van der Waals surface area (Å²) in [6, 6.07) is 22.6. The van der Waals surface area contributed by atoms with Crippen molar-refractivity contribution in [2.75, 3.05) is 0 Å². The van der Waals surface area contributed by atoms with Crippen molar-refractivity contribution >= 4 is 44.0 Å². The highest BCUT2D eigenvalue weighted by Gasteiger charge is 2.16. The molecule has 3 heterocycles. The SMILES string of the molecule is O=c1oc2ccccc2cc1-c1csc(-c2cc3c(ccc4ccccc43)oc2=O)n1. The van der Waals surface area contributed by atoms with Crippen LogP contribution < -0.4 is 11.3 Å². The summed E-state index contributed by atoms with van der Waals surface area (Å²) in [6.45, 7) is 0. The van der Waals surface area contributed by atoms with Crippen LogP contribution in [-0.2, 0) is 0 Å². The van der Waals surface area contributed by atoms with E-state index >= 15 is 0 Å². The molecule has 0 amide bonds. The summed E-state index contributed by atoms with van der Waals surface area (Å²) in [4.78, 5) is 29.7. The van der Waals surface area contributed by atoms with Gasteiger partial charge in [-0.05, 0) is 35.0 Å². The van der Waals surface area contributed by atoms with Gasteiger partial charge in [0, 0.05) is 16.2 Å². The molecule has 0 bridgehead atoms. The second-order valence-electron chi connectivity index (χ2n) is 7.17. The van der Waals surface area contributed by atoms with Gasteiger partial charge in [0.05, 0.1) is 16.8 Å². The molecule has 6 rings (SSSR count). The molecule has 6 aromatic rings. The van der Waals surface area contributed by atoms with Crippen molar-refractivity contribution in [2.24, 2.45) is 0 Å². The van der Waals surface area contributed by atoms with Crippen molar-refractivity contribution in [1.29, 1.82) is 0 Å². The fourth-order valence-corrected chi connectivity index (χ4v) is 4.61. The normalized spacial score (nSPS) is 11.5. The maximum absolute atomic E-state index is 12.7. The van der Waals surface area contributed by atoms with Gasteiger partial charge in [-0.2, -0.15) is 0 Å². The van der Waals surface area contributed by atoms with Gasteiger partial charge in [-0.25, -0.2) is 14.6 Å². The van der Waals surface area contributed by atoms with Crippen LogP contribution in [0.25, 0.3) is 54.5 Å². The van der Waals surface area contributed by atoms with Gasteiger partial charge in [0.25, 0.3) is 0 Å². The zero-order valence-corrected chi connectivity index (χ0v) is 16.8. The van der Waals surface area contributed by atoms with E-state index in [1.165, 1.54) is 11.3 Å². The second-order valence-corrected chi connectivity index (χ2v) is 8.03. The predicted molar refractivity (Wildman–Crippen MR) is 123 cm³/mol. The van der Waals surface area contributed by atoms with E-state index in [0.717, 1.165) is 21.5 Å².